The predicted molar refractivity (Wildman–Crippen MR) is 126 cm³/mol. The minimum absolute atomic E-state index is 0.0754. The number of benzene rings is 1. The normalized spacial score (nSPS) is 20.2. The van der Waals surface area contributed by atoms with E-state index in [2.05, 4.69) is 21.7 Å². The Morgan fingerprint density at radius 2 is 1.81 bits per heavy atom. The zero-order valence-electron chi connectivity index (χ0n) is 19.2. The molecular formula is C25H35N3O3S. The molecule has 1 unspecified atom stereocenters. The number of piperazine rings is 1. The number of hydrogen-bond donors (Lipinski definition) is 0. The van der Waals surface area contributed by atoms with Crippen molar-refractivity contribution in [2.24, 2.45) is 0 Å². The number of rotatable bonds is 7. The van der Waals surface area contributed by atoms with Gasteiger partial charge in [0, 0.05) is 44.5 Å². The van der Waals surface area contributed by atoms with Crippen LogP contribution in [-0.2, 0) is 9.84 Å². The molecule has 1 atom stereocenters. The summed E-state index contributed by atoms with van der Waals surface area (Å²) in [5.74, 6) is 0.515. The lowest BCUT2D eigenvalue weighted by Gasteiger charge is -2.43. The van der Waals surface area contributed by atoms with Crippen molar-refractivity contribution >= 4 is 9.84 Å². The fourth-order valence-electron chi connectivity index (χ4n) is 5.20. The highest BCUT2D eigenvalue weighted by Crippen LogP contribution is 2.29. The minimum atomic E-state index is -3.68. The Kier molecular flexibility index (Phi) is 7.48. The maximum absolute atomic E-state index is 13.0. The van der Waals surface area contributed by atoms with Crippen molar-refractivity contribution in [2.45, 2.75) is 67.5 Å². The second-order valence-electron chi connectivity index (χ2n) is 8.90. The van der Waals surface area contributed by atoms with Crippen molar-refractivity contribution < 1.29 is 13.2 Å². The summed E-state index contributed by atoms with van der Waals surface area (Å²) in [7, 11) is -2.15. The van der Waals surface area contributed by atoms with Crippen LogP contribution >= 0.6 is 0 Å². The van der Waals surface area contributed by atoms with Crippen LogP contribution < -0.4 is 4.74 Å². The van der Waals surface area contributed by atoms with E-state index >= 15 is 0 Å². The largest absolute Gasteiger partial charge is 0.497 e. The average Bonchev–Trinajstić information content (AvgIpc) is 2.86. The van der Waals surface area contributed by atoms with E-state index in [9.17, 15) is 8.42 Å². The molecule has 7 heteroatoms. The average molecular weight is 458 g/mol. The van der Waals surface area contributed by atoms with Gasteiger partial charge >= 0.3 is 0 Å². The standard InChI is InChI=1S/C25H35N3O3S/c1-3-24(28-16-14-27(15-17-28)21-8-5-4-6-9-21)20-12-13-25(26-19-20)32(29,30)23-11-7-10-22(18-23)31-2/h7,10-13,18-19,21,24H,3-6,8-9,14-17H2,1-2H3. The first-order valence-corrected chi connectivity index (χ1v) is 13.3. The second-order valence-corrected chi connectivity index (χ2v) is 10.8. The fraction of sp³-hybridized carbons (Fsp3) is 0.560. The molecule has 6 nitrogen and oxygen atoms in total. The molecule has 2 aromatic rings. The molecule has 1 aromatic carbocycles. The van der Waals surface area contributed by atoms with Crippen LogP contribution in [-0.4, -0.2) is 62.5 Å². The summed E-state index contributed by atoms with van der Waals surface area (Å²) >= 11 is 0. The second kappa shape index (κ2) is 10.3. The maximum Gasteiger partial charge on any atom is 0.223 e. The van der Waals surface area contributed by atoms with E-state index in [1.165, 1.54) is 45.3 Å². The number of sulfone groups is 1. The van der Waals surface area contributed by atoms with Crippen molar-refractivity contribution in [2.75, 3.05) is 33.3 Å². The van der Waals surface area contributed by atoms with Crippen molar-refractivity contribution in [3.05, 3.63) is 48.2 Å². The lowest BCUT2D eigenvalue weighted by molar-refractivity contribution is 0.0549. The molecule has 0 N–H and O–H groups in total. The van der Waals surface area contributed by atoms with Crippen molar-refractivity contribution in [1.82, 2.24) is 14.8 Å². The quantitative estimate of drug-likeness (QED) is 0.617. The van der Waals surface area contributed by atoms with Gasteiger partial charge in [0.05, 0.1) is 12.0 Å². The molecule has 0 radical (unpaired) electrons. The molecule has 32 heavy (non-hydrogen) atoms. The third-order valence-electron chi connectivity index (χ3n) is 7.04. The van der Waals surface area contributed by atoms with Crippen LogP contribution in [0.15, 0.2) is 52.5 Å². The SMILES string of the molecule is CCC(c1ccc(S(=O)(=O)c2cccc(OC)c2)nc1)N1CCN(C2CCCCC2)CC1. The Bertz CT molecular complexity index is 980. The Hall–Kier alpha value is -1.96. The van der Waals surface area contributed by atoms with Crippen LogP contribution in [0.2, 0.25) is 0 Å². The predicted octanol–water partition coefficient (Wildman–Crippen LogP) is 4.32. The Balaban J connectivity index is 1.44. The monoisotopic (exact) mass is 457 g/mol. The molecule has 1 aliphatic heterocycles. The molecule has 4 rings (SSSR count). The number of aromatic nitrogens is 1. The van der Waals surface area contributed by atoms with Gasteiger partial charge in [-0.3, -0.25) is 9.80 Å². The summed E-state index contributed by atoms with van der Waals surface area (Å²) in [5, 5.41) is 0.0754. The summed E-state index contributed by atoms with van der Waals surface area (Å²) < 4.78 is 31.2. The highest BCUT2D eigenvalue weighted by Gasteiger charge is 2.29. The van der Waals surface area contributed by atoms with Crippen molar-refractivity contribution in [3.8, 4) is 5.75 Å². The minimum Gasteiger partial charge on any atom is -0.497 e. The van der Waals surface area contributed by atoms with Gasteiger partial charge in [0.15, 0.2) is 5.03 Å². The molecule has 2 aliphatic rings. The van der Waals surface area contributed by atoms with E-state index in [1.54, 1.807) is 30.5 Å². The molecule has 1 aromatic heterocycles. The van der Waals surface area contributed by atoms with Gasteiger partial charge in [-0.15, -0.1) is 0 Å². The van der Waals surface area contributed by atoms with E-state index in [1.807, 2.05) is 6.07 Å². The van der Waals surface area contributed by atoms with Gasteiger partial charge < -0.3 is 4.74 Å². The first-order chi connectivity index (χ1) is 15.5. The van der Waals surface area contributed by atoms with E-state index in [0.29, 0.717) is 5.75 Å². The van der Waals surface area contributed by atoms with Gasteiger partial charge in [-0.25, -0.2) is 13.4 Å². The zero-order chi connectivity index (χ0) is 22.6. The Labute approximate surface area is 192 Å². The highest BCUT2D eigenvalue weighted by atomic mass is 32.2. The molecule has 0 bridgehead atoms. The molecule has 174 valence electrons. The van der Waals surface area contributed by atoms with Crippen molar-refractivity contribution in [3.63, 3.8) is 0 Å². The number of hydrogen-bond acceptors (Lipinski definition) is 6. The molecule has 1 saturated heterocycles. The fourth-order valence-corrected chi connectivity index (χ4v) is 6.41. The third-order valence-corrected chi connectivity index (χ3v) is 8.70. The molecule has 1 saturated carbocycles. The number of nitrogens with zero attached hydrogens (tertiary/aromatic N) is 3. The van der Waals surface area contributed by atoms with Gasteiger partial charge in [0.25, 0.3) is 0 Å². The number of pyridine rings is 1. The molecule has 2 fully saturated rings. The number of methoxy groups -OCH3 is 1. The van der Waals surface area contributed by atoms with E-state index in [0.717, 1.165) is 44.2 Å². The topological polar surface area (TPSA) is 62.7 Å². The zero-order valence-corrected chi connectivity index (χ0v) is 20.1. The van der Waals surface area contributed by atoms with Crippen LogP contribution in [0.5, 0.6) is 5.75 Å². The lowest BCUT2D eigenvalue weighted by Crippen LogP contribution is -2.51. The van der Waals surface area contributed by atoms with E-state index in [-0.39, 0.29) is 16.0 Å². The van der Waals surface area contributed by atoms with E-state index in [4.69, 9.17) is 4.74 Å². The van der Waals surface area contributed by atoms with E-state index < -0.39 is 9.84 Å². The van der Waals surface area contributed by atoms with Crippen LogP contribution in [0.25, 0.3) is 0 Å². The Morgan fingerprint density at radius 3 is 2.44 bits per heavy atom. The molecule has 0 amide bonds. The molecule has 2 heterocycles. The first-order valence-electron chi connectivity index (χ1n) is 11.9. The molecule has 0 spiro atoms. The summed E-state index contributed by atoms with van der Waals surface area (Å²) in [5.41, 5.74) is 1.09. The summed E-state index contributed by atoms with van der Waals surface area (Å²) in [6.45, 7) is 6.55. The first kappa shape index (κ1) is 23.2. The summed E-state index contributed by atoms with van der Waals surface area (Å²) in [4.78, 5) is 9.78. The van der Waals surface area contributed by atoms with Gasteiger partial charge in [-0.05, 0) is 49.1 Å². The number of ether oxygens (including phenoxy) is 1. The smallest absolute Gasteiger partial charge is 0.223 e. The molecule has 1 aliphatic carbocycles. The Morgan fingerprint density at radius 1 is 1.06 bits per heavy atom. The summed E-state index contributed by atoms with van der Waals surface area (Å²) in [6.07, 6.45) is 9.57. The van der Waals surface area contributed by atoms with Gasteiger partial charge in [0.1, 0.15) is 5.75 Å². The van der Waals surface area contributed by atoms with Crippen LogP contribution in [0.4, 0.5) is 0 Å². The van der Waals surface area contributed by atoms with Crippen LogP contribution in [0, 0.1) is 0 Å². The van der Waals surface area contributed by atoms with Crippen LogP contribution in [0.1, 0.15) is 57.1 Å². The van der Waals surface area contributed by atoms with Gasteiger partial charge in [-0.2, -0.15) is 0 Å². The van der Waals surface area contributed by atoms with Gasteiger partial charge in [0.2, 0.25) is 9.84 Å². The third kappa shape index (κ3) is 5.00. The van der Waals surface area contributed by atoms with Crippen LogP contribution in [0.3, 0.4) is 0 Å². The molecular weight excluding hydrogens is 422 g/mol. The highest BCUT2D eigenvalue weighted by molar-refractivity contribution is 7.91. The van der Waals surface area contributed by atoms with Gasteiger partial charge in [-0.1, -0.05) is 38.3 Å². The van der Waals surface area contributed by atoms with Crippen molar-refractivity contribution in [1.29, 1.82) is 0 Å². The maximum atomic E-state index is 13.0. The lowest BCUT2D eigenvalue weighted by atomic mass is 9.93. The summed E-state index contributed by atoms with van der Waals surface area (Å²) in [6, 6.07) is 11.1.